The zero-order valence-corrected chi connectivity index (χ0v) is 16.6. The van der Waals surface area contributed by atoms with Crippen molar-refractivity contribution in [2.24, 2.45) is 11.5 Å². The van der Waals surface area contributed by atoms with Crippen molar-refractivity contribution in [3.05, 3.63) is 35.9 Å². The molecule has 3 atom stereocenters. The van der Waals surface area contributed by atoms with Gasteiger partial charge in [-0.15, -0.1) is 0 Å². The number of hydrogen-bond donors (Lipinski definition) is 6. The van der Waals surface area contributed by atoms with Crippen molar-refractivity contribution < 1.29 is 29.1 Å². The summed E-state index contributed by atoms with van der Waals surface area (Å²) in [7, 11) is 0. The minimum atomic E-state index is -1.25. The predicted octanol–water partition coefficient (Wildman–Crippen LogP) is -1.99. The lowest BCUT2D eigenvalue weighted by Gasteiger charge is -2.23. The molecule has 0 fully saturated rings. The third-order valence-electron chi connectivity index (χ3n) is 4.17. The SMILES string of the molecule is CC(NC(=O)CN)C(=O)NC(CCC(N)=O)C(=O)NC(Cc1ccccc1)C(=O)O. The van der Waals surface area contributed by atoms with E-state index >= 15 is 0 Å². The third kappa shape index (κ3) is 8.69. The van der Waals surface area contributed by atoms with Crippen LogP contribution in [0, 0.1) is 0 Å². The summed E-state index contributed by atoms with van der Waals surface area (Å²) in [5.41, 5.74) is 11.0. The van der Waals surface area contributed by atoms with Gasteiger partial charge >= 0.3 is 5.97 Å². The number of rotatable bonds is 12. The van der Waals surface area contributed by atoms with Gasteiger partial charge in [0.05, 0.1) is 6.54 Å². The molecule has 1 rings (SSSR count). The molecule has 0 aromatic heterocycles. The number of amides is 4. The molecule has 164 valence electrons. The Hall–Kier alpha value is -3.47. The van der Waals surface area contributed by atoms with Crippen molar-refractivity contribution in [2.45, 2.75) is 44.3 Å². The lowest BCUT2D eigenvalue weighted by atomic mass is 10.0. The Labute approximate surface area is 173 Å². The number of nitrogens with one attached hydrogen (secondary N) is 3. The largest absolute Gasteiger partial charge is 0.480 e. The zero-order chi connectivity index (χ0) is 22.7. The maximum atomic E-state index is 12.6. The Kier molecular flexibility index (Phi) is 9.97. The average molecular weight is 421 g/mol. The van der Waals surface area contributed by atoms with Gasteiger partial charge in [-0.3, -0.25) is 19.2 Å². The molecule has 30 heavy (non-hydrogen) atoms. The summed E-state index contributed by atoms with van der Waals surface area (Å²) in [6.07, 6.45) is -0.318. The normalized spacial score (nSPS) is 13.4. The molecular formula is C19H27N5O6. The summed E-state index contributed by atoms with van der Waals surface area (Å²) in [6, 6.07) is 5.22. The molecule has 0 saturated carbocycles. The first-order chi connectivity index (χ1) is 14.1. The van der Waals surface area contributed by atoms with Crippen molar-refractivity contribution in [3.8, 4) is 0 Å². The monoisotopic (exact) mass is 421 g/mol. The van der Waals surface area contributed by atoms with Crippen LogP contribution < -0.4 is 27.4 Å². The van der Waals surface area contributed by atoms with E-state index < -0.39 is 47.7 Å². The summed E-state index contributed by atoms with van der Waals surface area (Å²) >= 11 is 0. The second-order valence-corrected chi connectivity index (χ2v) is 6.65. The molecule has 0 aliphatic carbocycles. The van der Waals surface area contributed by atoms with E-state index in [9.17, 15) is 29.1 Å². The minimum Gasteiger partial charge on any atom is -0.480 e. The Morgan fingerprint density at radius 1 is 0.967 bits per heavy atom. The molecule has 1 aromatic rings. The Balaban J connectivity index is 2.86. The lowest BCUT2D eigenvalue weighted by Crippen LogP contribution is -2.56. The molecule has 0 spiro atoms. The number of carboxylic acid groups (broad SMARTS) is 1. The van der Waals surface area contributed by atoms with E-state index in [1.54, 1.807) is 30.3 Å². The molecular weight excluding hydrogens is 394 g/mol. The predicted molar refractivity (Wildman–Crippen MR) is 107 cm³/mol. The third-order valence-corrected chi connectivity index (χ3v) is 4.17. The van der Waals surface area contributed by atoms with E-state index in [0.717, 1.165) is 0 Å². The topological polar surface area (TPSA) is 194 Å². The molecule has 11 nitrogen and oxygen atoms in total. The van der Waals surface area contributed by atoms with Crippen LogP contribution in [0.25, 0.3) is 0 Å². The van der Waals surface area contributed by atoms with Gasteiger partial charge in [0.2, 0.25) is 23.6 Å². The zero-order valence-electron chi connectivity index (χ0n) is 16.6. The molecule has 8 N–H and O–H groups in total. The van der Waals surface area contributed by atoms with E-state index in [4.69, 9.17) is 11.5 Å². The summed E-state index contributed by atoms with van der Waals surface area (Å²) in [6.45, 7) is 1.07. The van der Waals surface area contributed by atoms with E-state index in [1.165, 1.54) is 6.92 Å². The molecule has 0 bridgehead atoms. The Morgan fingerprint density at radius 2 is 1.57 bits per heavy atom. The second kappa shape index (κ2) is 12.2. The summed E-state index contributed by atoms with van der Waals surface area (Å²) in [5.74, 6) is -3.99. The van der Waals surface area contributed by atoms with Gasteiger partial charge in [-0.05, 0) is 18.9 Å². The Morgan fingerprint density at radius 3 is 2.10 bits per heavy atom. The molecule has 1 aromatic carbocycles. The number of aliphatic carboxylic acids is 1. The van der Waals surface area contributed by atoms with Gasteiger partial charge in [-0.1, -0.05) is 30.3 Å². The van der Waals surface area contributed by atoms with Gasteiger partial charge in [-0.25, -0.2) is 4.79 Å². The number of hydrogen-bond acceptors (Lipinski definition) is 6. The van der Waals surface area contributed by atoms with Gasteiger partial charge in [-0.2, -0.15) is 0 Å². The fraction of sp³-hybridized carbons (Fsp3) is 0.421. The first-order valence-corrected chi connectivity index (χ1v) is 9.29. The fourth-order valence-electron chi connectivity index (χ4n) is 2.54. The maximum absolute atomic E-state index is 12.6. The number of primary amides is 1. The van der Waals surface area contributed by atoms with Crippen molar-refractivity contribution in [1.29, 1.82) is 0 Å². The highest BCUT2D eigenvalue weighted by atomic mass is 16.4. The van der Waals surface area contributed by atoms with Gasteiger partial charge in [0, 0.05) is 12.8 Å². The van der Waals surface area contributed by atoms with Crippen LogP contribution in [0.2, 0.25) is 0 Å². The van der Waals surface area contributed by atoms with Gasteiger partial charge in [0.15, 0.2) is 0 Å². The molecule has 0 saturated heterocycles. The van der Waals surface area contributed by atoms with Gasteiger partial charge in [0.25, 0.3) is 0 Å². The summed E-state index contributed by atoms with van der Waals surface area (Å²) in [5, 5.41) is 16.6. The highest BCUT2D eigenvalue weighted by Gasteiger charge is 2.28. The molecule has 0 radical (unpaired) electrons. The number of carbonyl (C=O) groups excluding carboxylic acids is 4. The van der Waals surface area contributed by atoms with Crippen LogP contribution in [0.5, 0.6) is 0 Å². The number of benzene rings is 1. The maximum Gasteiger partial charge on any atom is 0.326 e. The van der Waals surface area contributed by atoms with Crippen molar-refractivity contribution >= 4 is 29.6 Å². The molecule has 4 amide bonds. The van der Waals surface area contributed by atoms with E-state index in [2.05, 4.69) is 16.0 Å². The molecule has 0 aliphatic rings. The molecule has 0 heterocycles. The first kappa shape index (κ1) is 24.6. The highest BCUT2D eigenvalue weighted by molar-refractivity contribution is 5.93. The summed E-state index contributed by atoms with van der Waals surface area (Å²) in [4.78, 5) is 59.0. The average Bonchev–Trinajstić information content (AvgIpc) is 2.70. The van der Waals surface area contributed by atoms with Gasteiger partial charge < -0.3 is 32.5 Å². The number of carboxylic acids is 1. The first-order valence-electron chi connectivity index (χ1n) is 9.29. The summed E-state index contributed by atoms with van der Waals surface area (Å²) < 4.78 is 0. The smallest absolute Gasteiger partial charge is 0.326 e. The quantitative estimate of drug-likeness (QED) is 0.225. The van der Waals surface area contributed by atoms with Crippen molar-refractivity contribution in [1.82, 2.24) is 16.0 Å². The lowest BCUT2D eigenvalue weighted by molar-refractivity contribution is -0.142. The van der Waals surface area contributed by atoms with Crippen molar-refractivity contribution in [3.63, 3.8) is 0 Å². The number of nitrogens with two attached hydrogens (primary N) is 2. The van der Waals surface area contributed by atoms with Crippen LogP contribution in [0.3, 0.4) is 0 Å². The standard InChI is InChI=1S/C19H27N5O6/c1-11(22-16(26)10-20)17(27)23-13(7-8-15(21)25)18(28)24-14(19(29)30)9-12-5-3-2-4-6-12/h2-6,11,13-14H,7-10,20H2,1H3,(H2,21,25)(H,22,26)(H,23,27)(H,24,28)(H,29,30). The van der Waals surface area contributed by atoms with E-state index in [1.807, 2.05) is 0 Å². The van der Waals surface area contributed by atoms with E-state index in [0.29, 0.717) is 5.56 Å². The highest BCUT2D eigenvalue weighted by Crippen LogP contribution is 2.05. The molecule has 11 heteroatoms. The van der Waals surface area contributed by atoms with Crippen LogP contribution in [-0.4, -0.2) is 59.4 Å². The van der Waals surface area contributed by atoms with Crippen LogP contribution >= 0.6 is 0 Å². The van der Waals surface area contributed by atoms with Crippen molar-refractivity contribution in [2.75, 3.05) is 6.54 Å². The molecule has 3 unspecified atom stereocenters. The van der Waals surface area contributed by atoms with Crippen LogP contribution in [0.15, 0.2) is 30.3 Å². The second-order valence-electron chi connectivity index (χ2n) is 6.65. The minimum absolute atomic E-state index is 0.0291. The molecule has 0 aliphatic heterocycles. The Bertz CT molecular complexity index is 770. The van der Waals surface area contributed by atoms with E-state index in [-0.39, 0.29) is 25.8 Å². The van der Waals surface area contributed by atoms with Crippen LogP contribution in [0.4, 0.5) is 0 Å². The van der Waals surface area contributed by atoms with Crippen LogP contribution in [0.1, 0.15) is 25.3 Å². The van der Waals surface area contributed by atoms with Crippen LogP contribution in [-0.2, 0) is 30.4 Å². The fourth-order valence-corrected chi connectivity index (χ4v) is 2.54. The van der Waals surface area contributed by atoms with Gasteiger partial charge in [0.1, 0.15) is 18.1 Å². The number of carbonyl (C=O) groups is 5.